The van der Waals surface area contributed by atoms with Crippen LogP contribution in [0.4, 0.5) is 0 Å². The molecule has 0 bridgehead atoms. The fourth-order valence-electron chi connectivity index (χ4n) is 3.85. The van der Waals surface area contributed by atoms with E-state index in [1.165, 1.54) is 7.16 Å². The molecular formula is C24H20O2Sn. The summed E-state index contributed by atoms with van der Waals surface area (Å²) < 4.78 is 4.84. The summed E-state index contributed by atoms with van der Waals surface area (Å²) in [5.74, 6) is 0.529. The molecule has 0 aliphatic heterocycles. The molecule has 0 radical (unpaired) electrons. The van der Waals surface area contributed by atoms with Gasteiger partial charge in [0, 0.05) is 0 Å². The molecule has 3 heteroatoms. The molecule has 0 saturated carbocycles. The van der Waals surface area contributed by atoms with Gasteiger partial charge in [0.05, 0.1) is 0 Å². The average Bonchev–Trinajstić information content (AvgIpc) is 2.71. The van der Waals surface area contributed by atoms with Crippen LogP contribution in [0.3, 0.4) is 0 Å². The molecule has 0 spiro atoms. The number of rotatable bonds is 4. The third-order valence-corrected chi connectivity index (χ3v) is 18.5. The summed E-state index contributed by atoms with van der Waals surface area (Å²) in [6, 6.07) is 36.2. The van der Waals surface area contributed by atoms with Crippen LogP contribution in [0.2, 0.25) is 0 Å². The van der Waals surface area contributed by atoms with Crippen molar-refractivity contribution in [1.82, 2.24) is 0 Å². The van der Waals surface area contributed by atoms with Gasteiger partial charge in [-0.25, -0.2) is 0 Å². The molecule has 0 saturated heterocycles. The monoisotopic (exact) mass is 460 g/mol. The van der Waals surface area contributed by atoms with Crippen LogP contribution < -0.4 is 14.3 Å². The molecule has 132 valence electrons. The molecule has 27 heavy (non-hydrogen) atoms. The summed E-state index contributed by atoms with van der Waals surface area (Å²) in [5.41, 5.74) is 0. The second-order valence-corrected chi connectivity index (χ2v) is 17.5. The van der Waals surface area contributed by atoms with Crippen molar-refractivity contribution in [2.24, 2.45) is 0 Å². The third-order valence-electron chi connectivity index (χ3n) is 4.97. The zero-order chi connectivity index (χ0) is 18.7. The van der Waals surface area contributed by atoms with Crippen molar-refractivity contribution < 1.29 is 10.2 Å². The summed E-state index contributed by atoms with van der Waals surface area (Å²) in [6.45, 7) is 0. The Balaban J connectivity index is 2.16. The second-order valence-electron chi connectivity index (χ2n) is 6.58. The van der Waals surface area contributed by atoms with E-state index in [0.29, 0.717) is 0 Å². The number of benzene rings is 4. The van der Waals surface area contributed by atoms with Gasteiger partial charge in [-0.3, -0.25) is 0 Å². The van der Waals surface area contributed by atoms with Gasteiger partial charge in [0.15, 0.2) is 0 Å². The summed E-state index contributed by atoms with van der Waals surface area (Å²) in [7, 11) is 0. The van der Waals surface area contributed by atoms with Gasteiger partial charge >= 0.3 is 164 Å². The molecule has 0 heterocycles. The Bertz CT molecular complexity index is 959. The molecule has 2 nitrogen and oxygen atoms in total. The van der Waals surface area contributed by atoms with Crippen LogP contribution in [0.25, 0.3) is 0 Å². The second kappa shape index (κ2) is 7.49. The number of hydrogen-bond donors (Lipinski definition) is 2. The molecule has 0 atom stereocenters. The number of aromatic hydroxyl groups is 2. The van der Waals surface area contributed by atoms with E-state index < -0.39 is 18.4 Å². The predicted octanol–water partition coefficient (Wildman–Crippen LogP) is 2.48. The van der Waals surface area contributed by atoms with Gasteiger partial charge in [-0.1, -0.05) is 0 Å². The Kier molecular flexibility index (Phi) is 4.90. The van der Waals surface area contributed by atoms with Crippen molar-refractivity contribution in [3.05, 3.63) is 109 Å². The standard InChI is InChI=1S/2C6H5O.2C6H5.Sn/c2*7-6-4-2-1-3-5-6;2*1-2-4-6-5-3-1;/h2*1-2,4-5,7H;2*1-5H;. The molecule has 0 unspecified atom stereocenters. The van der Waals surface area contributed by atoms with Gasteiger partial charge in [-0.2, -0.15) is 0 Å². The number of phenolic OH excluding ortho intramolecular Hbond substituents is 2. The normalized spacial score (nSPS) is 11.3. The van der Waals surface area contributed by atoms with Crippen molar-refractivity contribution in [1.29, 1.82) is 0 Å². The van der Waals surface area contributed by atoms with E-state index in [9.17, 15) is 10.2 Å². The fraction of sp³-hybridized carbons (Fsp3) is 0. The molecule has 0 fully saturated rings. The van der Waals surface area contributed by atoms with Gasteiger partial charge in [-0.15, -0.1) is 0 Å². The van der Waals surface area contributed by atoms with E-state index in [-0.39, 0.29) is 11.5 Å². The summed E-state index contributed by atoms with van der Waals surface area (Å²) in [6.07, 6.45) is 0. The van der Waals surface area contributed by atoms with E-state index >= 15 is 0 Å². The topological polar surface area (TPSA) is 40.5 Å². The first-order chi connectivity index (χ1) is 13.2. The van der Waals surface area contributed by atoms with E-state index in [2.05, 4.69) is 60.7 Å². The molecule has 0 amide bonds. The van der Waals surface area contributed by atoms with Crippen LogP contribution in [0.1, 0.15) is 0 Å². The zero-order valence-electron chi connectivity index (χ0n) is 14.8. The molecule has 0 aliphatic carbocycles. The Labute approximate surface area is 163 Å². The predicted molar refractivity (Wildman–Crippen MR) is 113 cm³/mol. The molecule has 4 aromatic rings. The summed E-state index contributed by atoms with van der Waals surface area (Å²) in [5, 5.41) is 20.5. The minimum absolute atomic E-state index is 0.264. The number of hydrogen-bond acceptors (Lipinski definition) is 2. The van der Waals surface area contributed by atoms with Gasteiger partial charge in [0.2, 0.25) is 0 Å². The summed E-state index contributed by atoms with van der Waals surface area (Å²) >= 11 is -3.71. The Morgan fingerprint density at radius 3 is 1.15 bits per heavy atom. The molecular weight excluding hydrogens is 439 g/mol. The van der Waals surface area contributed by atoms with E-state index in [1.807, 2.05) is 36.4 Å². The van der Waals surface area contributed by atoms with Crippen LogP contribution in [0.5, 0.6) is 11.5 Å². The first kappa shape index (κ1) is 17.7. The van der Waals surface area contributed by atoms with E-state index in [0.717, 1.165) is 7.16 Å². The maximum atomic E-state index is 10.3. The third kappa shape index (κ3) is 3.21. The van der Waals surface area contributed by atoms with E-state index in [1.54, 1.807) is 12.1 Å². The Morgan fingerprint density at radius 1 is 0.407 bits per heavy atom. The molecule has 0 aliphatic rings. The van der Waals surface area contributed by atoms with Crippen LogP contribution in [0.15, 0.2) is 109 Å². The summed E-state index contributed by atoms with van der Waals surface area (Å²) in [4.78, 5) is 0. The van der Waals surface area contributed by atoms with Crippen LogP contribution >= 0.6 is 0 Å². The molecule has 4 aromatic carbocycles. The Hall–Kier alpha value is -2.72. The van der Waals surface area contributed by atoms with Crippen molar-refractivity contribution in [3.63, 3.8) is 0 Å². The SMILES string of the molecule is Oc1ccc[c]([Sn]([c]2ccccc2)([c]2ccccc2)[c]2cccc(O)c2)c1. The first-order valence-electron chi connectivity index (χ1n) is 8.91. The minimum atomic E-state index is -3.71. The quantitative estimate of drug-likeness (QED) is 0.461. The van der Waals surface area contributed by atoms with Crippen molar-refractivity contribution in [3.8, 4) is 11.5 Å². The van der Waals surface area contributed by atoms with Gasteiger partial charge in [-0.05, 0) is 0 Å². The van der Waals surface area contributed by atoms with Crippen LogP contribution in [0, 0.1) is 0 Å². The van der Waals surface area contributed by atoms with Crippen molar-refractivity contribution in [2.45, 2.75) is 0 Å². The fourth-order valence-corrected chi connectivity index (χ4v) is 17.6. The first-order valence-corrected chi connectivity index (χ1v) is 14.6. The molecule has 2 N–H and O–H groups in total. The van der Waals surface area contributed by atoms with Crippen LogP contribution in [-0.4, -0.2) is 28.6 Å². The van der Waals surface area contributed by atoms with Crippen molar-refractivity contribution in [2.75, 3.05) is 0 Å². The van der Waals surface area contributed by atoms with Crippen molar-refractivity contribution >= 4 is 32.7 Å². The van der Waals surface area contributed by atoms with Crippen LogP contribution in [-0.2, 0) is 0 Å². The van der Waals surface area contributed by atoms with E-state index in [4.69, 9.17) is 0 Å². The Morgan fingerprint density at radius 2 is 0.778 bits per heavy atom. The maximum absolute atomic E-state index is 10.3. The van der Waals surface area contributed by atoms with Gasteiger partial charge in [0.1, 0.15) is 0 Å². The molecule has 4 rings (SSSR count). The van der Waals surface area contributed by atoms with Gasteiger partial charge in [0.25, 0.3) is 0 Å². The average molecular weight is 459 g/mol. The number of phenols is 2. The van der Waals surface area contributed by atoms with Gasteiger partial charge < -0.3 is 0 Å². The zero-order valence-corrected chi connectivity index (χ0v) is 17.6. The molecule has 0 aromatic heterocycles.